The van der Waals surface area contributed by atoms with Gasteiger partial charge in [-0.05, 0) is 36.8 Å². The number of carbonyl (C=O) groups is 1. The predicted octanol–water partition coefficient (Wildman–Crippen LogP) is 6.12. The maximum atomic E-state index is 13.0. The molecule has 0 bridgehead atoms. The molecule has 0 aliphatic carbocycles. The zero-order valence-corrected chi connectivity index (χ0v) is 19.0. The molecule has 1 aliphatic rings. The minimum atomic E-state index is -2.07. The molecule has 0 saturated carbocycles. The highest BCUT2D eigenvalue weighted by Crippen LogP contribution is 2.54. The van der Waals surface area contributed by atoms with E-state index >= 15 is 0 Å². The zero-order chi connectivity index (χ0) is 21.4. The number of para-hydroxylation sites is 1. The lowest BCUT2D eigenvalue weighted by atomic mass is 9.67. The first-order chi connectivity index (χ1) is 14.3. The van der Waals surface area contributed by atoms with E-state index in [-0.39, 0.29) is 17.8 Å². The fourth-order valence-electron chi connectivity index (χ4n) is 4.57. The third kappa shape index (κ3) is 3.62. The first-order valence-corrected chi connectivity index (χ1v) is 13.9. The SMILES string of the molecule is C[C@H]1C(=O)Oc2ccccc2[C@H]1C(O[Si](C)(C)C)(c1ccccc1)c1ccccc1. The van der Waals surface area contributed by atoms with Gasteiger partial charge >= 0.3 is 5.97 Å². The second kappa shape index (κ2) is 7.86. The average molecular weight is 417 g/mol. The Morgan fingerprint density at radius 3 is 1.83 bits per heavy atom. The molecule has 3 aromatic rings. The van der Waals surface area contributed by atoms with Crippen molar-refractivity contribution >= 4 is 14.3 Å². The summed E-state index contributed by atoms with van der Waals surface area (Å²) >= 11 is 0. The monoisotopic (exact) mass is 416 g/mol. The van der Waals surface area contributed by atoms with Gasteiger partial charge in [-0.15, -0.1) is 0 Å². The Bertz CT molecular complexity index is 985. The molecule has 0 fully saturated rings. The van der Waals surface area contributed by atoms with E-state index in [2.05, 4.69) is 50.0 Å². The molecule has 3 aromatic carbocycles. The van der Waals surface area contributed by atoms with Crippen molar-refractivity contribution in [3.8, 4) is 5.75 Å². The molecule has 0 radical (unpaired) electrons. The van der Waals surface area contributed by atoms with E-state index in [1.54, 1.807) is 0 Å². The van der Waals surface area contributed by atoms with Crippen molar-refractivity contribution in [3.63, 3.8) is 0 Å². The van der Waals surface area contributed by atoms with Crippen LogP contribution < -0.4 is 4.74 Å². The van der Waals surface area contributed by atoms with E-state index in [1.165, 1.54) is 0 Å². The Morgan fingerprint density at radius 2 is 1.30 bits per heavy atom. The van der Waals surface area contributed by atoms with Gasteiger partial charge in [0.1, 0.15) is 11.4 Å². The number of hydrogen-bond acceptors (Lipinski definition) is 3. The summed E-state index contributed by atoms with van der Waals surface area (Å²) < 4.78 is 12.8. The Kier molecular flexibility index (Phi) is 5.39. The number of benzene rings is 3. The first kappa shape index (κ1) is 20.6. The minimum Gasteiger partial charge on any atom is -0.426 e. The summed E-state index contributed by atoms with van der Waals surface area (Å²) in [7, 11) is -2.07. The summed E-state index contributed by atoms with van der Waals surface area (Å²) in [6, 6.07) is 28.5. The molecule has 1 heterocycles. The molecule has 0 aromatic heterocycles. The van der Waals surface area contributed by atoms with Crippen LogP contribution in [0.2, 0.25) is 19.6 Å². The van der Waals surface area contributed by atoms with Gasteiger partial charge in [0.25, 0.3) is 0 Å². The van der Waals surface area contributed by atoms with E-state index in [9.17, 15) is 4.79 Å². The second-order valence-electron chi connectivity index (χ2n) is 8.91. The van der Waals surface area contributed by atoms with Crippen LogP contribution in [0.15, 0.2) is 84.9 Å². The number of esters is 1. The van der Waals surface area contributed by atoms with Gasteiger partial charge in [-0.1, -0.05) is 85.8 Å². The highest BCUT2D eigenvalue weighted by molar-refractivity contribution is 6.69. The van der Waals surface area contributed by atoms with Gasteiger partial charge in [0, 0.05) is 11.5 Å². The van der Waals surface area contributed by atoms with Crippen molar-refractivity contribution in [1.29, 1.82) is 0 Å². The molecule has 2 atom stereocenters. The summed E-state index contributed by atoms with van der Waals surface area (Å²) in [6.07, 6.45) is 0. The Labute approximate surface area is 179 Å². The topological polar surface area (TPSA) is 35.5 Å². The molecular weight excluding hydrogens is 388 g/mol. The minimum absolute atomic E-state index is 0.214. The van der Waals surface area contributed by atoms with Gasteiger partial charge < -0.3 is 9.16 Å². The van der Waals surface area contributed by atoms with Crippen molar-refractivity contribution in [2.45, 2.75) is 38.1 Å². The summed E-state index contributed by atoms with van der Waals surface area (Å²) in [5, 5.41) is 0. The molecule has 0 spiro atoms. The summed E-state index contributed by atoms with van der Waals surface area (Å²) in [4.78, 5) is 13.0. The molecule has 0 N–H and O–H groups in total. The number of carbonyl (C=O) groups excluding carboxylic acids is 1. The molecular formula is C26H28O3Si. The molecule has 4 rings (SSSR count). The second-order valence-corrected chi connectivity index (χ2v) is 13.3. The van der Waals surface area contributed by atoms with Crippen LogP contribution in [-0.2, 0) is 14.8 Å². The summed E-state index contributed by atoms with van der Waals surface area (Å²) in [5.74, 6) is -0.168. The van der Waals surface area contributed by atoms with Crippen LogP contribution in [0.4, 0.5) is 0 Å². The quantitative estimate of drug-likeness (QED) is 0.285. The highest BCUT2D eigenvalue weighted by Gasteiger charge is 2.53. The van der Waals surface area contributed by atoms with Gasteiger partial charge in [-0.3, -0.25) is 4.79 Å². The van der Waals surface area contributed by atoms with Crippen LogP contribution >= 0.6 is 0 Å². The van der Waals surface area contributed by atoms with Crippen molar-refractivity contribution in [2.75, 3.05) is 0 Å². The van der Waals surface area contributed by atoms with Gasteiger partial charge in [-0.2, -0.15) is 0 Å². The fraction of sp³-hybridized carbons (Fsp3) is 0.269. The lowest BCUT2D eigenvalue weighted by molar-refractivity contribution is -0.143. The molecule has 0 unspecified atom stereocenters. The molecule has 0 amide bonds. The predicted molar refractivity (Wildman–Crippen MR) is 122 cm³/mol. The summed E-state index contributed by atoms with van der Waals surface area (Å²) in [5.41, 5.74) is 2.32. The Hall–Kier alpha value is -2.69. The van der Waals surface area contributed by atoms with Crippen LogP contribution in [0, 0.1) is 5.92 Å². The Morgan fingerprint density at radius 1 is 0.800 bits per heavy atom. The zero-order valence-electron chi connectivity index (χ0n) is 18.0. The number of fused-ring (bicyclic) bond motifs is 1. The number of rotatable bonds is 5. The highest BCUT2D eigenvalue weighted by atomic mass is 28.4. The van der Waals surface area contributed by atoms with E-state index in [4.69, 9.17) is 9.16 Å². The van der Waals surface area contributed by atoms with Crippen molar-refractivity contribution in [3.05, 3.63) is 102 Å². The van der Waals surface area contributed by atoms with Gasteiger partial charge in [0.2, 0.25) is 0 Å². The van der Waals surface area contributed by atoms with E-state index in [1.807, 2.05) is 61.5 Å². The normalized spacial score (nSPS) is 19.1. The first-order valence-electron chi connectivity index (χ1n) is 10.4. The maximum absolute atomic E-state index is 13.0. The van der Waals surface area contributed by atoms with Crippen LogP contribution in [0.5, 0.6) is 5.75 Å². The molecule has 3 nitrogen and oxygen atoms in total. The lowest BCUT2D eigenvalue weighted by Gasteiger charge is -2.49. The molecule has 30 heavy (non-hydrogen) atoms. The smallest absolute Gasteiger partial charge is 0.314 e. The number of hydrogen-bond donors (Lipinski definition) is 0. The van der Waals surface area contributed by atoms with E-state index < -0.39 is 13.9 Å². The number of ether oxygens (including phenoxy) is 1. The molecule has 154 valence electrons. The van der Waals surface area contributed by atoms with Crippen molar-refractivity contribution < 1.29 is 14.0 Å². The largest absolute Gasteiger partial charge is 0.426 e. The van der Waals surface area contributed by atoms with Crippen LogP contribution in [0.1, 0.15) is 29.5 Å². The lowest BCUT2D eigenvalue weighted by Crippen LogP contribution is -2.50. The van der Waals surface area contributed by atoms with E-state index in [0.29, 0.717) is 5.75 Å². The Balaban J connectivity index is 2.08. The van der Waals surface area contributed by atoms with Crippen molar-refractivity contribution in [1.82, 2.24) is 0 Å². The van der Waals surface area contributed by atoms with Crippen LogP contribution in [0.25, 0.3) is 0 Å². The summed E-state index contributed by atoms with van der Waals surface area (Å²) in [6.45, 7) is 8.55. The third-order valence-electron chi connectivity index (χ3n) is 5.65. The fourth-order valence-corrected chi connectivity index (χ4v) is 5.90. The van der Waals surface area contributed by atoms with Crippen LogP contribution in [0.3, 0.4) is 0 Å². The molecule has 1 aliphatic heterocycles. The van der Waals surface area contributed by atoms with Gasteiger partial charge in [0.05, 0.1) is 5.92 Å². The third-order valence-corrected chi connectivity index (χ3v) is 6.58. The van der Waals surface area contributed by atoms with E-state index in [0.717, 1.165) is 16.7 Å². The molecule has 4 heteroatoms. The molecule has 0 saturated heterocycles. The van der Waals surface area contributed by atoms with Gasteiger partial charge in [0.15, 0.2) is 8.32 Å². The maximum Gasteiger partial charge on any atom is 0.314 e. The van der Waals surface area contributed by atoms with Crippen LogP contribution in [-0.4, -0.2) is 14.3 Å². The van der Waals surface area contributed by atoms with Gasteiger partial charge in [-0.25, -0.2) is 0 Å². The average Bonchev–Trinajstić information content (AvgIpc) is 2.74. The standard InChI is InChI=1S/C26H28O3Si/c1-19-24(22-17-11-12-18-23(22)28-25(19)27)26(29-30(2,3)4,20-13-7-5-8-14-20)21-15-9-6-10-16-21/h5-19,24H,1-4H3/t19-,24+/m1/s1. The van der Waals surface area contributed by atoms with Crippen molar-refractivity contribution in [2.24, 2.45) is 5.92 Å².